The van der Waals surface area contributed by atoms with Crippen LogP contribution in [0.2, 0.25) is 0 Å². The highest BCUT2D eigenvalue weighted by Crippen LogP contribution is 2.23. The van der Waals surface area contributed by atoms with Crippen LogP contribution in [0.25, 0.3) is 10.7 Å². The van der Waals surface area contributed by atoms with Gasteiger partial charge in [-0.2, -0.15) is 0 Å². The molecule has 2 heterocycles. The number of rotatable bonds is 1. The maximum Gasteiger partial charge on any atom is 0.166 e. The van der Waals surface area contributed by atoms with Gasteiger partial charge in [0, 0.05) is 6.20 Å². The van der Waals surface area contributed by atoms with Crippen molar-refractivity contribution in [1.82, 2.24) is 15.2 Å². The SMILES string of the molecule is Cc1nnc(-c2ncccc2C)s1. The monoisotopic (exact) mass is 191 g/mol. The fraction of sp³-hybridized carbons (Fsp3) is 0.222. The number of aromatic nitrogens is 3. The van der Waals surface area contributed by atoms with Gasteiger partial charge in [0.1, 0.15) is 10.7 Å². The molecule has 0 aromatic carbocycles. The van der Waals surface area contributed by atoms with Crippen LogP contribution in [0.3, 0.4) is 0 Å². The van der Waals surface area contributed by atoms with E-state index in [1.165, 1.54) is 0 Å². The van der Waals surface area contributed by atoms with E-state index in [1.807, 2.05) is 26.0 Å². The summed E-state index contributed by atoms with van der Waals surface area (Å²) in [6.07, 6.45) is 1.78. The maximum atomic E-state index is 4.27. The molecular formula is C9H9N3S. The third kappa shape index (κ3) is 1.58. The normalized spacial score (nSPS) is 10.3. The number of hydrogen-bond donors (Lipinski definition) is 0. The predicted octanol–water partition coefficient (Wildman–Crippen LogP) is 2.22. The number of aryl methyl sites for hydroxylation is 2. The Morgan fingerprint density at radius 3 is 2.69 bits per heavy atom. The van der Waals surface area contributed by atoms with E-state index in [-0.39, 0.29) is 0 Å². The lowest BCUT2D eigenvalue weighted by Gasteiger charge is -1.97. The van der Waals surface area contributed by atoms with Crippen LogP contribution in [0.4, 0.5) is 0 Å². The van der Waals surface area contributed by atoms with Gasteiger partial charge in [0.25, 0.3) is 0 Å². The first-order valence-corrected chi connectivity index (χ1v) is 4.81. The second-order valence-electron chi connectivity index (χ2n) is 2.80. The third-order valence-electron chi connectivity index (χ3n) is 1.74. The highest BCUT2D eigenvalue weighted by Gasteiger charge is 2.06. The van der Waals surface area contributed by atoms with Crippen LogP contribution < -0.4 is 0 Å². The topological polar surface area (TPSA) is 38.7 Å². The fourth-order valence-corrected chi connectivity index (χ4v) is 1.86. The Hall–Kier alpha value is -1.29. The van der Waals surface area contributed by atoms with Gasteiger partial charge in [0.05, 0.1) is 0 Å². The van der Waals surface area contributed by atoms with Crippen LogP contribution in [-0.2, 0) is 0 Å². The summed E-state index contributed by atoms with van der Waals surface area (Å²) in [4.78, 5) is 4.27. The Bertz CT molecular complexity index is 422. The molecule has 0 bridgehead atoms. The van der Waals surface area contributed by atoms with Gasteiger partial charge in [-0.3, -0.25) is 4.98 Å². The van der Waals surface area contributed by atoms with E-state index < -0.39 is 0 Å². The molecule has 3 nitrogen and oxygen atoms in total. The minimum atomic E-state index is 0.899. The van der Waals surface area contributed by atoms with Crippen molar-refractivity contribution < 1.29 is 0 Å². The molecule has 4 heteroatoms. The lowest BCUT2D eigenvalue weighted by molar-refractivity contribution is 1.04. The van der Waals surface area contributed by atoms with E-state index in [1.54, 1.807) is 17.5 Å². The summed E-state index contributed by atoms with van der Waals surface area (Å²) in [5.74, 6) is 0. The van der Waals surface area contributed by atoms with Gasteiger partial charge in [0.15, 0.2) is 5.01 Å². The summed E-state index contributed by atoms with van der Waals surface area (Å²) in [5.41, 5.74) is 2.08. The molecule has 0 fully saturated rings. The van der Waals surface area contributed by atoms with E-state index >= 15 is 0 Å². The van der Waals surface area contributed by atoms with E-state index in [2.05, 4.69) is 15.2 Å². The van der Waals surface area contributed by atoms with Gasteiger partial charge in [0.2, 0.25) is 0 Å². The molecule has 0 spiro atoms. The number of pyridine rings is 1. The molecule has 0 aliphatic carbocycles. The van der Waals surface area contributed by atoms with E-state index in [9.17, 15) is 0 Å². The molecule has 0 radical (unpaired) electrons. The minimum absolute atomic E-state index is 0.899. The Morgan fingerprint density at radius 1 is 1.23 bits per heavy atom. The number of nitrogens with zero attached hydrogens (tertiary/aromatic N) is 3. The van der Waals surface area contributed by atoms with Gasteiger partial charge < -0.3 is 0 Å². The van der Waals surface area contributed by atoms with E-state index in [0.717, 1.165) is 21.3 Å². The van der Waals surface area contributed by atoms with Crippen molar-refractivity contribution in [2.45, 2.75) is 13.8 Å². The van der Waals surface area contributed by atoms with E-state index in [0.29, 0.717) is 0 Å². The molecule has 0 aliphatic heterocycles. The Kier molecular flexibility index (Phi) is 2.06. The first kappa shape index (κ1) is 8.31. The zero-order chi connectivity index (χ0) is 9.26. The summed E-state index contributed by atoms with van der Waals surface area (Å²) in [5, 5.41) is 9.89. The van der Waals surface area contributed by atoms with Crippen molar-refractivity contribution in [3.05, 3.63) is 28.9 Å². The van der Waals surface area contributed by atoms with Crippen LogP contribution in [0.1, 0.15) is 10.6 Å². The zero-order valence-electron chi connectivity index (χ0n) is 7.48. The minimum Gasteiger partial charge on any atom is -0.253 e. The molecule has 2 aromatic heterocycles. The Morgan fingerprint density at radius 2 is 2.08 bits per heavy atom. The van der Waals surface area contributed by atoms with Gasteiger partial charge in [-0.25, -0.2) is 0 Å². The highest BCUT2D eigenvalue weighted by molar-refractivity contribution is 7.14. The standard InChI is InChI=1S/C9H9N3S/c1-6-4-3-5-10-8(6)9-12-11-7(2)13-9/h3-5H,1-2H3. The van der Waals surface area contributed by atoms with Crippen LogP contribution in [0.5, 0.6) is 0 Å². The maximum absolute atomic E-state index is 4.27. The number of hydrogen-bond acceptors (Lipinski definition) is 4. The molecule has 0 saturated heterocycles. The van der Waals surface area contributed by atoms with Crippen molar-refractivity contribution >= 4 is 11.3 Å². The summed E-state index contributed by atoms with van der Waals surface area (Å²) >= 11 is 1.57. The highest BCUT2D eigenvalue weighted by atomic mass is 32.1. The average molecular weight is 191 g/mol. The summed E-state index contributed by atoms with van der Waals surface area (Å²) < 4.78 is 0. The molecule has 0 atom stereocenters. The Labute approximate surface area is 80.5 Å². The molecule has 0 aliphatic rings. The molecule has 66 valence electrons. The van der Waals surface area contributed by atoms with Crippen LogP contribution in [0.15, 0.2) is 18.3 Å². The van der Waals surface area contributed by atoms with E-state index in [4.69, 9.17) is 0 Å². The molecule has 0 saturated carbocycles. The second kappa shape index (κ2) is 3.22. The van der Waals surface area contributed by atoms with Gasteiger partial charge >= 0.3 is 0 Å². The largest absolute Gasteiger partial charge is 0.253 e. The summed E-state index contributed by atoms with van der Waals surface area (Å²) in [7, 11) is 0. The zero-order valence-corrected chi connectivity index (χ0v) is 8.30. The lowest BCUT2D eigenvalue weighted by Crippen LogP contribution is -1.85. The Balaban J connectivity index is 2.52. The molecular weight excluding hydrogens is 182 g/mol. The molecule has 0 unspecified atom stereocenters. The molecule has 0 N–H and O–H groups in total. The van der Waals surface area contributed by atoms with Crippen molar-refractivity contribution in [1.29, 1.82) is 0 Å². The molecule has 2 aromatic rings. The first-order chi connectivity index (χ1) is 6.27. The van der Waals surface area contributed by atoms with Gasteiger partial charge in [-0.15, -0.1) is 10.2 Å². The van der Waals surface area contributed by atoms with Crippen LogP contribution in [0, 0.1) is 13.8 Å². The predicted molar refractivity (Wildman–Crippen MR) is 52.6 cm³/mol. The summed E-state index contributed by atoms with van der Waals surface area (Å²) in [6.45, 7) is 3.97. The average Bonchev–Trinajstić information content (AvgIpc) is 2.53. The molecule has 2 rings (SSSR count). The first-order valence-electron chi connectivity index (χ1n) is 3.99. The van der Waals surface area contributed by atoms with Crippen molar-refractivity contribution in [2.24, 2.45) is 0 Å². The van der Waals surface area contributed by atoms with Crippen LogP contribution >= 0.6 is 11.3 Å². The van der Waals surface area contributed by atoms with Gasteiger partial charge in [-0.05, 0) is 25.5 Å². The second-order valence-corrected chi connectivity index (χ2v) is 3.98. The quantitative estimate of drug-likeness (QED) is 0.693. The summed E-state index contributed by atoms with van der Waals surface area (Å²) in [6, 6.07) is 3.95. The van der Waals surface area contributed by atoms with Crippen LogP contribution in [-0.4, -0.2) is 15.2 Å². The van der Waals surface area contributed by atoms with Gasteiger partial charge in [-0.1, -0.05) is 17.4 Å². The fourth-order valence-electron chi connectivity index (χ4n) is 1.10. The third-order valence-corrected chi connectivity index (χ3v) is 2.58. The lowest BCUT2D eigenvalue weighted by atomic mass is 10.2. The van der Waals surface area contributed by atoms with Crippen molar-refractivity contribution in [3.8, 4) is 10.7 Å². The smallest absolute Gasteiger partial charge is 0.166 e. The van der Waals surface area contributed by atoms with Crippen molar-refractivity contribution in [2.75, 3.05) is 0 Å². The van der Waals surface area contributed by atoms with Crippen molar-refractivity contribution in [3.63, 3.8) is 0 Å². The molecule has 13 heavy (non-hydrogen) atoms. The molecule has 0 amide bonds.